The molecule has 1 saturated heterocycles. The SMILES string of the molecule is CC(C)c1nc2ccc(C(=O)CCN3CCCCCC3)cc2[nH]1. The fourth-order valence-corrected chi connectivity index (χ4v) is 3.24. The number of imidazole rings is 1. The summed E-state index contributed by atoms with van der Waals surface area (Å²) in [6.45, 7) is 7.41. The van der Waals surface area contributed by atoms with E-state index in [0.717, 1.165) is 42.1 Å². The molecule has 4 heteroatoms. The number of rotatable bonds is 5. The van der Waals surface area contributed by atoms with Gasteiger partial charge in [-0.25, -0.2) is 4.98 Å². The zero-order valence-corrected chi connectivity index (χ0v) is 14.3. The van der Waals surface area contributed by atoms with Crippen molar-refractivity contribution in [1.82, 2.24) is 14.9 Å². The Morgan fingerprint density at radius 1 is 1.22 bits per heavy atom. The molecule has 4 nitrogen and oxygen atoms in total. The van der Waals surface area contributed by atoms with E-state index in [1.807, 2.05) is 18.2 Å². The Bertz CT molecular complexity index is 666. The van der Waals surface area contributed by atoms with Crippen LogP contribution in [0.25, 0.3) is 11.0 Å². The van der Waals surface area contributed by atoms with Gasteiger partial charge in [0.2, 0.25) is 0 Å². The first-order valence-corrected chi connectivity index (χ1v) is 8.88. The molecule has 1 aliphatic heterocycles. The van der Waals surface area contributed by atoms with Gasteiger partial charge >= 0.3 is 0 Å². The number of carbonyl (C=O) groups is 1. The van der Waals surface area contributed by atoms with Crippen LogP contribution in [0.15, 0.2) is 18.2 Å². The van der Waals surface area contributed by atoms with E-state index in [9.17, 15) is 4.79 Å². The summed E-state index contributed by atoms with van der Waals surface area (Å²) in [7, 11) is 0. The van der Waals surface area contributed by atoms with Gasteiger partial charge in [0, 0.05) is 24.4 Å². The van der Waals surface area contributed by atoms with E-state index in [2.05, 4.69) is 28.7 Å². The number of carbonyl (C=O) groups excluding carboxylic acids is 1. The van der Waals surface area contributed by atoms with Gasteiger partial charge < -0.3 is 9.88 Å². The number of ketones is 1. The summed E-state index contributed by atoms with van der Waals surface area (Å²) in [5.74, 6) is 1.58. The molecule has 0 aliphatic carbocycles. The Morgan fingerprint density at radius 3 is 2.65 bits per heavy atom. The molecule has 124 valence electrons. The highest BCUT2D eigenvalue weighted by Gasteiger charge is 2.13. The lowest BCUT2D eigenvalue weighted by molar-refractivity contribution is 0.0965. The quantitative estimate of drug-likeness (QED) is 0.844. The summed E-state index contributed by atoms with van der Waals surface area (Å²) >= 11 is 0. The van der Waals surface area contributed by atoms with Crippen LogP contribution in [-0.2, 0) is 0 Å². The fourth-order valence-electron chi connectivity index (χ4n) is 3.24. The van der Waals surface area contributed by atoms with Gasteiger partial charge in [-0.2, -0.15) is 0 Å². The minimum absolute atomic E-state index is 0.233. The molecule has 1 aliphatic rings. The topological polar surface area (TPSA) is 49.0 Å². The fraction of sp³-hybridized carbons (Fsp3) is 0.579. The lowest BCUT2D eigenvalue weighted by atomic mass is 10.1. The Hall–Kier alpha value is -1.68. The standard InChI is InChI=1S/C19H27N3O/c1-14(2)19-20-16-8-7-15(13-17(16)21-19)18(23)9-12-22-10-5-3-4-6-11-22/h7-8,13-14H,3-6,9-12H2,1-2H3,(H,20,21). The molecule has 1 N–H and O–H groups in total. The first-order valence-electron chi connectivity index (χ1n) is 8.88. The molecule has 0 radical (unpaired) electrons. The number of aromatic amines is 1. The summed E-state index contributed by atoms with van der Waals surface area (Å²) in [6.07, 6.45) is 5.81. The Kier molecular flexibility index (Phi) is 5.11. The molecule has 1 aromatic carbocycles. The number of nitrogens with zero attached hydrogens (tertiary/aromatic N) is 2. The van der Waals surface area contributed by atoms with E-state index in [-0.39, 0.29) is 5.78 Å². The highest BCUT2D eigenvalue weighted by atomic mass is 16.1. The van der Waals surface area contributed by atoms with Crippen molar-refractivity contribution in [1.29, 1.82) is 0 Å². The van der Waals surface area contributed by atoms with Crippen LogP contribution in [0.1, 0.15) is 68.1 Å². The predicted molar refractivity (Wildman–Crippen MR) is 94.0 cm³/mol. The number of aromatic nitrogens is 2. The van der Waals surface area contributed by atoms with E-state index in [4.69, 9.17) is 0 Å². The molecule has 0 atom stereocenters. The van der Waals surface area contributed by atoms with Crippen LogP contribution in [0.2, 0.25) is 0 Å². The lowest BCUT2D eigenvalue weighted by Crippen LogP contribution is -2.27. The highest BCUT2D eigenvalue weighted by Crippen LogP contribution is 2.19. The molecule has 3 rings (SSSR count). The molecule has 2 aromatic rings. The van der Waals surface area contributed by atoms with E-state index in [1.54, 1.807) is 0 Å². The van der Waals surface area contributed by atoms with E-state index < -0.39 is 0 Å². The Balaban J connectivity index is 1.65. The largest absolute Gasteiger partial charge is 0.342 e. The van der Waals surface area contributed by atoms with Gasteiger partial charge in [-0.05, 0) is 44.1 Å². The maximum absolute atomic E-state index is 12.5. The summed E-state index contributed by atoms with van der Waals surface area (Å²) in [6, 6.07) is 5.83. The Morgan fingerprint density at radius 2 is 1.96 bits per heavy atom. The third-order valence-corrected chi connectivity index (χ3v) is 4.72. The normalized spacial score (nSPS) is 16.8. The molecular formula is C19H27N3O. The molecule has 0 amide bonds. The molecule has 0 bridgehead atoms. The molecule has 1 fully saturated rings. The number of benzene rings is 1. The third kappa shape index (κ3) is 3.99. The van der Waals surface area contributed by atoms with Crippen LogP contribution in [-0.4, -0.2) is 40.3 Å². The summed E-state index contributed by atoms with van der Waals surface area (Å²) in [4.78, 5) is 22.8. The van der Waals surface area contributed by atoms with Crippen LogP contribution in [0, 0.1) is 0 Å². The second kappa shape index (κ2) is 7.26. The van der Waals surface area contributed by atoms with Crippen LogP contribution in [0.4, 0.5) is 0 Å². The molecule has 0 spiro atoms. The van der Waals surface area contributed by atoms with Gasteiger partial charge in [-0.15, -0.1) is 0 Å². The lowest BCUT2D eigenvalue weighted by Gasteiger charge is -2.18. The second-order valence-corrected chi connectivity index (χ2v) is 6.94. The first-order chi connectivity index (χ1) is 11.1. The van der Waals surface area contributed by atoms with Crippen LogP contribution in [0.3, 0.4) is 0 Å². The zero-order valence-electron chi connectivity index (χ0n) is 14.3. The van der Waals surface area contributed by atoms with Crippen molar-refractivity contribution in [2.75, 3.05) is 19.6 Å². The molecule has 0 unspecified atom stereocenters. The van der Waals surface area contributed by atoms with Crippen LogP contribution < -0.4 is 0 Å². The molecule has 23 heavy (non-hydrogen) atoms. The maximum Gasteiger partial charge on any atom is 0.164 e. The maximum atomic E-state index is 12.5. The van der Waals surface area contributed by atoms with Gasteiger partial charge in [0.05, 0.1) is 11.0 Å². The first kappa shape index (κ1) is 16.2. The predicted octanol–water partition coefficient (Wildman–Crippen LogP) is 4.14. The van der Waals surface area contributed by atoms with Gasteiger partial charge in [0.15, 0.2) is 5.78 Å². The second-order valence-electron chi connectivity index (χ2n) is 6.94. The van der Waals surface area contributed by atoms with Gasteiger partial charge in [-0.1, -0.05) is 26.7 Å². The van der Waals surface area contributed by atoms with Crippen LogP contribution in [0.5, 0.6) is 0 Å². The monoisotopic (exact) mass is 313 g/mol. The minimum Gasteiger partial charge on any atom is -0.342 e. The highest BCUT2D eigenvalue weighted by molar-refractivity contribution is 5.99. The molecule has 0 saturated carbocycles. The van der Waals surface area contributed by atoms with Gasteiger partial charge in [0.1, 0.15) is 5.82 Å². The summed E-state index contributed by atoms with van der Waals surface area (Å²) in [5, 5.41) is 0. The van der Waals surface area contributed by atoms with E-state index in [1.165, 1.54) is 25.7 Å². The van der Waals surface area contributed by atoms with E-state index >= 15 is 0 Å². The van der Waals surface area contributed by atoms with Crippen molar-refractivity contribution < 1.29 is 4.79 Å². The summed E-state index contributed by atoms with van der Waals surface area (Å²) < 4.78 is 0. The number of likely N-dealkylation sites (tertiary alicyclic amines) is 1. The van der Waals surface area contributed by atoms with Crippen molar-refractivity contribution in [2.24, 2.45) is 0 Å². The smallest absolute Gasteiger partial charge is 0.164 e. The average Bonchev–Trinajstić information content (AvgIpc) is 2.80. The number of H-pyrrole nitrogens is 1. The zero-order chi connectivity index (χ0) is 16.2. The van der Waals surface area contributed by atoms with Crippen molar-refractivity contribution in [3.63, 3.8) is 0 Å². The number of hydrogen-bond donors (Lipinski definition) is 1. The molecule has 2 heterocycles. The molecule has 1 aromatic heterocycles. The number of hydrogen-bond acceptors (Lipinski definition) is 3. The van der Waals surface area contributed by atoms with Crippen LogP contribution >= 0.6 is 0 Å². The molecular weight excluding hydrogens is 286 g/mol. The minimum atomic E-state index is 0.233. The van der Waals surface area contributed by atoms with Crippen molar-refractivity contribution in [2.45, 2.75) is 51.9 Å². The number of Topliss-reactive ketones (excluding diaryl/α,β-unsaturated/α-hetero) is 1. The van der Waals surface area contributed by atoms with Gasteiger partial charge in [0.25, 0.3) is 0 Å². The van der Waals surface area contributed by atoms with Gasteiger partial charge in [-0.3, -0.25) is 4.79 Å². The Labute approximate surface area is 138 Å². The van der Waals surface area contributed by atoms with Crippen molar-refractivity contribution in [3.05, 3.63) is 29.6 Å². The number of nitrogens with one attached hydrogen (secondary N) is 1. The van der Waals surface area contributed by atoms with E-state index in [0.29, 0.717) is 12.3 Å². The summed E-state index contributed by atoms with van der Waals surface area (Å²) in [5.41, 5.74) is 2.71. The van der Waals surface area contributed by atoms with Crippen molar-refractivity contribution >= 4 is 16.8 Å². The van der Waals surface area contributed by atoms with Crippen molar-refractivity contribution in [3.8, 4) is 0 Å². The average molecular weight is 313 g/mol. The number of fused-ring (bicyclic) bond motifs is 1. The third-order valence-electron chi connectivity index (χ3n) is 4.72.